The molecular formula is C13H17BrN2O4S. The van der Waals surface area contributed by atoms with Gasteiger partial charge in [-0.1, -0.05) is 0 Å². The summed E-state index contributed by atoms with van der Waals surface area (Å²) < 4.78 is 5.78. The number of urea groups is 1. The standard InChI is InChI=1S/C13H17BrN2O4S/c1-20-11-4-3-8(7-9(11)14)15-13(19)16-10(12(17)18)5-6-21-2/h3-4,7,10H,5-6H2,1-2H3,(H,17,18)(H2,15,16,19)/t10-/m0/s1. The minimum atomic E-state index is -1.05. The number of amides is 2. The smallest absolute Gasteiger partial charge is 0.326 e. The van der Waals surface area contributed by atoms with E-state index in [4.69, 9.17) is 9.84 Å². The van der Waals surface area contributed by atoms with E-state index in [1.165, 1.54) is 11.8 Å². The maximum absolute atomic E-state index is 11.8. The summed E-state index contributed by atoms with van der Waals surface area (Å²) in [6, 6.07) is 3.58. The Balaban J connectivity index is 2.63. The van der Waals surface area contributed by atoms with E-state index in [1.807, 2.05) is 6.26 Å². The molecule has 0 saturated carbocycles. The first kappa shape index (κ1) is 17.6. The number of carboxylic acids is 1. The molecule has 0 aliphatic carbocycles. The first-order valence-corrected chi connectivity index (χ1v) is 8.29. The molecule has 3 N–H and O–H groups in total. The van der Waals surface area contributed by atoms with Gasteiger partial charge < -0.3 is 20.5 Å². The van der Waals surface area contributed by atoms with Crippen LogP contribution in [0.2, 0.25) is 0 Å². The first-order chi connectivity index (χ1) is 9.97. The van der Waals surface area contributed by atoms with E-state index >= 15 is 0 Å². The van der Waals surface area contributed by atoms with Crippen LogP contribution in [0.25, 0.3) is 0 Å². The van der Waals surface area contributed by atoms with Crippen LogP contribution in [0.3, 0.4) is 0 Å². The summed E-state index contributed by atoms with van der Waals surface area (Å²) in [6.45, 7) is 0. The molecule has 2 amide bonds. The monoisotopic (exact) mass is 376 g/mol. The van der Waals surface area contributed by atoms with Crippen LogP contribution >= 0.6 is 27.7 Å². The molecule has 0 heterocycles. The molecule has 0 unspecified atom stereocenters. The summed E-state index contributed by atoms with van der Waals surface area (Å²) >= 11 is 4.84. The summed E-state index contributed by atoms with van der Waals surface area (Å²) in [7, 11) is 1.54. The van der Waals surface area contributed by atoms with Crippen molar-refractivity contribution in [3.8, 4) is 5.75 Å². The highest BCUT2D eigenvalue weighted by Crippen LogP contribution is 2.27. The molecule has 0 aromatic heterocycles. The van der Waals surface area contributed by atoms with E-state index in [9.17, 15) is 9.59 Å². The predicted octanol–water partition coefficient (Wildman–Crippen LogP) is 2.79. The number of carbonyl (C=O) groups is 2. The Hall–Kier alpha value is -1.41. The van der Waals surface area contributed by atoms with Gasteiger partial charge in [0.1, 0.15) is 11.8 Å². The number of methoxy groups -OCH3 is 1. The predicted molar refractivity (Wildman–Crippen MR) is 87.3 cm³/mol. The quantitative estimate of drug-likeness (QED) is 0.680. The molecule has 21 heavy (non-hydrogen) atoms. The number of nitrogens with one attached hydrogen (secondary N) is 2. The van der Waals surface area contributed by atoms with Crippen molar-refractivity contribution < 1.29 is 19.4 Å². The average Bonchev–Trinajstić information content (AvgIpc) is 2.43. The van der Waals surface area contributed by atoms with Gasteiger partial charge in [-0.3, -0.25) is 0 Å². The lowest BCUT2D eigenvalue weighted by Crippen LogP contribution is -2.43. The van der Waals surface area contributed by atoms with E-state index < -0.39 is 18.0 Å². The largest absolute Gasteiger partial charge is 0.496 e. The second-order valence-corrected chi connectivity index (χ2v) is 5.96. The molecule has 1 rings (SSSR count). The van der Waals surface area contributed by atoms with Gasteiger partial charge in [-0.15, -0.1) is 0 Å². The van der Waals surface area contributed by atoms with Gasteiger partial charge in [0.25, 0.3) is 0 Å². The molecular weight excluding hydrogens is 360 g/mol. The lowest BCUT2D eigenvalue weighted by molar-refractivity contribution is -0.139. The summed E-state index contributed by atoms with van der Waals surface area (Å²) in [5, 5.41) is 14.1. The number of aliphatic carboxylic acids is 1. The van der Waals surface area contributed by atoms with Crippen molar-refractivity contribution in [2.75, 3.05) is 24.4 Å². The van der Waals surface area contributed by atoms with Crippen LogP contribution in [0.4, 0.5) is 10.5 Å². The molecule has 0 fully saturated rings. The second kappa shape index (κ2) is 8.78. The van der Waals surface area contributed by atoms with Crippen LogP contribution in [0.5, 0.6) is 5.75 Å². The van der Waals surface area contributed by atoms with Crippen LogP contribution in [0.1, 0.15) is 6.42 Å². The van der Waals surface area contributed by atoms with E-state index in [1.54, 1.807) is 25.3 Å². The van der Waals surface area contributed by atoms with E-state index in [0.717, 1.165) is 0 Å². The fraction of sp³-hybridized carbons (Fsp3) is 0.385. The SMILES string of the molecule is COc1ccc(NC(=O)N[C@@H](CCSC)C(=O)O)cc1Br. The van der Waals surface area contributed by atoms with Crippen LogP contribution in [-0.2, 0) is 4.79 Å². The highest BCUT2D eigenvalue weighted by Gasteiger charge is 2.19. The van der Waals surface area contributed by atoms with E-state index in [2.05, 4.69) is 26.6 Å². The zero-order valence-corrected chi connectivity index (χ0v) is 14.1. The molecule has 116 valence electrons. The molecule has 0 radical (unpaired) electrons. The first-order valence-electron chi connectivity index (χ1n) is 6.10. The minimum Gasteiger partial charge on any atom is -0.496 e. The van der Waals surface area contributed by atoms with Gasteiger partial charge in [-0.05, 0) is 52.6 Å². The molecule has 0 aliphatic rings. The molecule has 0 spiro atoms. The van der Waals surface area contributed by atoms with Gasteiger partial charge in [-0.2, -0.15) is 11.8 Å². The topological polar surface area (TPSA) is 87.7 Å². The lowest BCUT2D eigenvalue weighted by atomic mass is 10.2. The van der Waals surface area contributed by atoms with Gasteiger partial charge >= 0.3 is 12.0 Å². The van der Waals surface area contributed by atoms with Crippen molar-refractivity contribution >= 4 is 45.4 Å². The van der Waals surface area contributed by atoms with Gasteiger partial charge in [-0.25, -0.2) is 9.59 Å². The number of halogens is 1. The fourth-order valence-corrected chi connectivity index (χ4v) is 2.57. The van der Waals surface area contributed by atoms with E-state index in [0.29, 0.717) is 28.1 Å². The molecule has 0 aliphatic heterocycles. The maximum atomic E-state index is 11.8. The average molecular weight is 377 g/mol. The normalized spacial score (nSPS) is 11.6. The van der Waals surface area contributed by atoms with Crippen LogP contribution in [0.15, 0.2) is 22.7 Å². The number of carboxylic acid groups (broad SMARTS) is 1. The number of thioether (sulfide) groups is 1. The Kier molecular flexibility index (Phi) is 7.38. The third-order valence-electron chi connectivity index (χ3n) is 2.62. The summed E-state index contributed by atoms with van der Waals surface area (Å²) in [6.07, 6.45) is 2.25. The van der Waals surface area contributed by atoms with Crippen molar-refractivity contribution in [3.63, 3.8) is 0 Å². The van der Waals surface area contributed by atoms with Crippen LogP contribution in [-0.4, -0.2) is 42.3 Å². The minimum absolute atomic E-state index is 0.371. The van der Waals surface area contributed by atoms with Gasteiger partial charge in [0.15, 0.2) is 0 Å². The van der Waals surface area contributed by atoms with Gasteiger partial charge in [0, 0.05) is 5.69 Å². The Morgan fingerprint density at radius 1 is 1.48 bits per heavy atom. The maximum Gasteiger partial charge on any atom is 0.326 e. The van der Waals surface area contributed by atoms with Crippen LogP contribution < -0.4 is 15.4 Å². The van der Waals surface area contributed by atoms with E-state index in [-0.39, 0.29) is 0 Å². The highest BCUT2D eigenvalue weighted by molar-refractivity contribution is 9.10. The molecule has 0 saturated heterocycles. The van der Waals surface area contributed by atoms with Crippen molar-refractivity contribution in [2.45, 2.75) is 12.5 Å². The number of hydrogen-bond acceptors (Lipinski definition) is 4. The second-order valence-electron chi connectivity index (χ2n) is 4.12. The Morgan fingerprint density at radius 2 is 2.19 bits per heavy atom. The Labute approximate surface area is 135 Å². The number of carbonyl (C=O) groups excluding carboxylic acids is 1. The Morgan fingerprint density at radius 3 is 2.71 bits per heavy atom. The number of ether oxygens (including phenoxy) is 1. The number of rotatable bonds is 7. The van der Waals surface area contributed by atoms with Crippen molar-refractivity contribution in [2.24, 2.45) is 0 Å². The molecule has 8 heteroatoms. The zero-order valence-electron chi connectivity index (χ0n) is 11.7. The van der Waals surface area contributed by atoms with Crippen molar-refractivity contribution in [3.05, 3.63) is 22.7 Å². The third-order valence-corrected chi connectivity index (χ3v) is 3.89. The molecule has 1 aromatic rings. The molecule has 1 aromatic carbocycles. The Bertz CT molecular complexity index is 513. The summed E-state index contributed by atoms with van der Waals surface area (Å²) in [4.78, 5) is 22.9. The van der Waals surface area contributed by atoms with Gasteiger partial charge in [0.05, 0.1) is 11.6 Å². The zero-order chi connectivity index (χ0) is 15.8. The molecule has 6 nitrogen and oxygen atoms in total. The fourth-order valence-electron chi connectivity index (χ4n) is 1.56. The van der Waals surface area contributed by atoms with Crippen molar-refractivity contribution in [1.82, 2.24) is 5.32 Å². The van der Waals surface area contributed by atoms with Gasteiger partial charge in [0.2, 0.25) is 0 Å². The lowest BCUT2D eigenvalue weighted by Gasteiger charge is -2.15. The molecule has 0 bridgehead atoms. The van der Waals surface area contributed by atoms with Crippen LogP contribution in [0, 0.1) is 0 Å². The summed E-state index contributed by atoms with van der Waals surface area (Å²) in [5.41, 5.74) is 0.536. The third kappa shape index (κ3) is 5.84. The molecule has 1 atom stereocenters. The number of hydrogen-bond donors (Lipinski definition) is 3. The highest BCUT2D eigenvalue weighted by atomic mass is 79.9. The number of benzene rings is 1. The number of anilines is 1. The van der Waals surface area contributed by atoms with Crippen molar-refractivity contribution in [1.29, 1.82) is 0 Å². The summed E-state index contributed by atoms with van der Waals surface area (Å²) in [5.74, 6) is 0.255.